The molecule has 0 aliphatic carbocycles. The van der Waals surface area contributed by atoms with Gasteiger partial charge in [-0.2, -0.15) is 11.8 Å². The smallest absolute Gasteiger partial charge is 0.747 e. The van der Waals surface area contributed by atoms with E-state index in [1.54, 1.807) is 0 Å². The van der Waals surface area contributed by atoms with Gasteiger partial charge in [-0.05, 0) is 63.3 Å². The molecule has 0 spiro atoms. The van der Waals surface area contributed by atoms with Gasteiger partial charge in [-0.15, -0.1) is 5.06 Å². The van der Waals surface area contributed by atoms with Crippen LogP contribution in [0.1, 0.15) is 120 Å². The van der Waals surface area contributed by atoms with Crippen LogP contribution in [0.15, 0.2) is 5.11 Å². The van der Waals surface area contributed by atoms with Crippen LogP contribution in [0.4, 0.5) is 28.0 Å². The number of carbonyl (C=O) groups is 9. The minimum Gasteiger partial charge on any atom is -0.747 e. The number of nitrogens with zero attached hydrogens (tertiary/aromatic N) is 4. The first kappa shape index (κ1) is 66.7. The maximum absolute atomic E-state index is 14.3. The first-order valence-corrected chi connectivity index (χ1v) is 29.5. The second-order valence-electron chi connectivity index (χ2n) is 17.6. The number of hydrogen-bond acceptors (Lipinski definition) is 17. The third kappa shape index (κ3) is 22.2. The fourth-order valence-electron chi connectivity index (χ4n) is 7.97. The number of urea groups is 1. The number of imide groups is 1. The zero-order valence-corrected chi connectivity index (χ0v) is 47.4. The van der Waals surface area contributed by atoms with Crippen LogP contribution in [0.2, 0.25) is 0 Å². The fraction of sp³-hybridized carbons (Fsp3) is 0.659. The van der Waals surface area contributed by atoms with Crippen molar-refractivity contribution in [3.05, 3.63) is 39.3 Å². The Morgan fingerprint density at radius 3 is 1.96 bits per heavy atom. The zero-order chi connectivity index (χ0) is 55.8. The Bertz CT molecular complexity index is 2420. The molecule has 33 heteroatoms. The van der Waals surface area contributed by atoms with Gasteiger partial charge in [0.25, 0.3) is 17.7 Å². The third-order valence-electron chi connectivity index (χ3n) is 11.9. The first-order chi connectivity index (χ1) is 36.2. The summed E-state index contributed by atoms with van der Waals surface area (Å²) in [5.74, 6) is -13.2. The van der Waals surface area contributed by atoms with Crippen molar-refractivity contribution in [3.63, 3.8) is 0 Å². The predicted molar refractivity (Wildman–Crippen MR) is 269 cm³/mol. The minimum absolute atomic E-state index is 0. The Kier molecular flexibility index (Phi) is 29.8. The summed E-state index contributed by atoms with van der Waals surface area (Å²) in [6, 6.07) is -0.797. The minimum atomic E-state index is -5.13. The molecule has 3 aliphatic rings. The number of hydrogen-bond donors (Lipinski definition) is 7. The van der Waals surface area contributed by atoms with Crippen LogP contribution in [0.25, 0.3) is 10.4 Å². The maximum Gasteiger partial charge on any atom is 1.00 e. The molecule has 3 heterocycles. The van der Waals surface area contributed by atoms with E-state index in [9.17, 15) is 73.7 Å². The SMILES string of the molecule is [N-]=[N+]=Nc1c(F)c(F)c(C(=O)NCCCCCC(=O)N[C@@H](CCCCNC(=O)CCCCCNC(=O)CCCC[C@@H]2SC[C@@H]3NC(=O)N[C@@H]32)C(=O)NCCSSCCC(=O)ON2C(=O)CC(S(=O)(=O)[O-])C2=O)c(F)c1F.[Na+]. The van der Waals surface area contributed by atoms with E-state index in [-0.39, 0.29) is 122 Å². The summed E-state index contributed by atoms with van der Waals surface area (Å²) in [6.07, 6.45) is 5.80. The number of amides is 9. The molecular weight excluding hydrogens is 1120 g/mol. The molecule has 0 aromatic heterocycles. The molecule has 1 unspecified atom stereocenters. The average Bonchev–Trinajstić information content (AvgIpc) is 4.03. The monoisotopic (exact) mass is 1180 g/mol. The van der Waals surface area contributed by atoms with Gasteiger partial charge in [0.1, 0.15) is 32.7 Å². The molecule has 3 aliphatic heterocycles. The molecule has 77 heavy (non-hydrogen) atoms. The molecule has 9 amide bonds. The molecular formula is C44H60F4N11NaO13S4. The molecule has 0 bridgehead atoms. The average molecular weight is 1180 g/mol. The van der Waals surface area contributed by atoms with Crippen molar-refractivity contribution in [2.24, 2.45) is 5.11 Å². The predicted octanol–water partition coefficient (Wildman–Crippen LogP) is 0.671. The molecule has 24 nitrogen and oxygen atoms in total. The Hall–Kier alpha value is -4.56. The molecule has 7 N–H and O–H groups in total. The number of thioether (sulfide) groups is 1. The van der Waals surface area contributed by atoms with Gasteiger partial charge in [0.2, 0.25) is 23.6 Å². The van der Waals surface area contributed by atoms with Crippen molar-refractivity contribution in [2.45, 2.75) is 138 Å². The van der Waals surface area contributed by atoms with Gasteiger partial charge < -0.3 is 46.6 Å². The van der Waals surface area contributed by atoms with E-state index < -0.39 is 97.9 Å². The van der Waals surface area contributed by atoms with Crippen molar-refractivity contribution < 1.29 is 108 Å². The van der Waals surface area contributed by atoms with Gasteiger partial charge in [-0.25, -0.2) is 35.6 Å². The number of nitrogens with one attached hydrogen (secondary N) is 7. The van der Waals surface area contributed by atoms with Crippen LogP contribution < -0.4 is 66.8 Å². The number of carbonyl (C=O) groups excluding carboxylic acids is 9. The normalized spacial score (nSPS) is 18.0. The van der Waals surface area contributed by atoms with Crippen molar-refractivity contribution >= 4 is 103 Å². The van der Waals surface area contributed by atoms with Crippen LogP contribution in [0, 0.1) is 23.3 Å². The summed E-state index contributed by atoms with van der Waals surface area (Å²) in [7, 11) is -2.72. The van der Waals surface area contributed by atoms with Crippen molar-refractivity contribution in [2.75, 3.05) is 43.4 Å². The van der Waals surface area contributed by atoms with Crippen LogP contribution in [0.3, 0.4) is 0 Å². The van der Waals surface area contributed by atoms with Gasteiger partial charge in [-0.1, -0.05) is 46.0 Å². The number of rotatable bonds is 35. The van der Waals surface area contributed by atoms with Crippen molar-refractivity contribution in [3.8, 4) is 0 Å². The van der Waals surface area contributed by atoms with E-state index in [0.717, 1.165) is 31.4 Å². The van der Waals surface area contributed by atoms with Gasteiger partial charge in [0.05, 0.1) is 24.9 Å². The van der Waals surface area contributed by atoms with Gasteiger partial charge in [-0.3, -0.25) is 33.6 Å². The molecule has 1 aromatic carbocycles. The third-order valence-corrected chi connectivity index (χ3v) is 16.9. The van der Waals surface area contributed by atoms with E-state index in [1.165, 1.54) is 21.6 Å². The second-order valence-corrected chi connectivity index (χ2v) is 23.1. The fourth-order valence-corrected chi connectivity index (χ4v) is 12.1. The van der Waals surface area contributed by atoms with E-state index in [2.05, 4.69) is 52.1 Å². The summed E-state index contributed by atoms with van der Waals surface area (Å²) >= 11 is 1.84. The van der Waals surface area contributed by atoms with Crippen LogP contribution in [-0.4, -0.2) is 143 Å². The molecule has 4 rings (SSSR count). The summed E-state index contributed by atoms with van der Waals surface area (Å²) in [5, 5.41) is 19.9. The first-order valence-electron chi connectivity index (χ1n) is 24.5. The van der Waals surface area contributed by atoms with E-state index >= 15 is 0 Å². The second kappa shape index (κ2) is 34.4. The Morgan fingerprint density at radius 2 is 1.35 bits per heavy atom. The van der Waals surface area contributed by atoms with E-state index in [4.69, 9.17) is 5.53 Å². The van der Waals surface area contributed by atoms with Crippen LogP contribution >= 0.6 is 33.3 Å². The summed E-state index contributed by atoms with van der Waals surface area (Å²) in [5.41, 5.74) is 5.28. The zero-order valence-electron chi connectivity index (χ0n) is 42.1. The van der Waals surface area contributed by atoms with Crippen LogP contribution in [-0.2, 0) is 48.5 Å². The molecule has 5 atom stereocenters. The number of unbranched alkanes of at least 4 members (excludes halogenated alkanes) is 6. The van der Waals surface area contributed by atoms with Gasteiger partial charge in [0.15, 0.2) is 23.3 Å². The Morgan fingerprint density at radius 1 is 0.766 bits per heavy atom. The topological polar surface area (TPSA) is 356 Å². The van der Waals surface area contributed by atoms with Gasteiger partial charge in [0, 0.05) is 72.9 Å². The standard InChI is InChI=1S/C44H61F4N11O13S4.Na/c45-35-34(36(46)38(48)40(37(35)47)57-58-49)42(66)52-19-9-2-4-15-31(62)54-25(41(65)53-20-22-75-74-21-16-33(64)72-59-32(63)23-28(43(59)67)76(69,70)71)11-7-10-18-51-29(60)13-3-1-8-17-50-30(61)14-6-5-12-27-39-26(24-73-27)55-44(68)56-39;/h25-28,39H,1-24H2,(H,50,61)(H,51,60)(H,52,66)(H,53,65)(H,54,62)(H2,55,56,68)(H,69,70,71);/q;+1/p-1/t25-,26-,27-,28?,39-;/m0./s1. The molecule has 3 saturated heterocycles. The number of hydroxylamine groups is 2. The maximum atomic E-state index is 14.3. The largest absolute Gasteiger partial charge is 1.00 e. The number of fused-ring (bicyclic) bond motifs is 1. The number of halogens is 4. The summed E-state index contributed by atoms with van der Waals surface area (Å²) in [6.45, 7) is 0.727. The molecule has 0 saturated carbocycles. The van der Waals surface area contributed by atoms with Crippen molar-refractivity contribution in [1.29, 1.82) is 0 Å². The molecule has 0 radical (unpaired) electrons. The molecule has 3 fully saturated rings. The molecule has 1 aromatic rings. The van der Waals surface area contributed by atoms with Gasteiger partial charge >= 0.3 is 41.6 Å². The number of benzene rings is 1. The van der Waals surface area contributed by atoms with E-state index in [1.807, 2.05) is 11.8 Å². The molecule has 422 valence electrons. The summed E-state index contributed by atoms with van der Waals surface area (Å²) in [4.78, 5) is 118. The summed E-state index contributed by atoms with van der Waals surface area (Å²) < 4.78 is 90.5. The van der Waals surface area contributed by atoms with E-state index in [0.29, 0.717) is 62.6 Å². The van der Waals surface area contributed by atoms with Crippen LogP contribution in [0.5, 0.6) is 0 Å². The Labute approximate surface area is 475 Å². The number of azide groups is 1. The quantitative estimate of drug-likeness (QED) is 0.00420. The van der Waals surface area contributed by atoms with Crippen molar-refractivity contribution in [1.82, 2.24) is 42.3 Å². The Balaban J connectivity index is 0.0000156.